The van der Waals surface area contributed by atoms with Gasteiger partial charge in [0, 0.05) is 0 Å². The Morgan fingerprint density at radius 2 is 2.00 bits per heavy atom. The highest BCUT2D eigenvalue weighted by atomic mass is 32.2. The van der Waals surface area contributed by atoms with E-state index in [0.717, 1.165) is 12.1 Å². The van der Waals surface area contributed by atoms with E-state index >= 15 is 0 Å². The summed E-state index contributed by atoms with van der Waals surface area (Å²) in [5, 5.41) is 9.28. The van der Waals surface area contributed by atoms with E-state index in [2.05, 4.69) is 4.74 Å². The Bertz CT molecular complexity index is 699. The van der Waals surface area contributed by atoms with Crippen LogP contribution >= 0.6 is 0 Å². The number of hydrogen-bond donors (Lipinski definition) is 1. The predicted octanol–water partition coefficient (Wildman–Crippen LogP) is 0.653. The van der Waals surface area contributed by atoms with E-state index in [0.29, 0.717) is 0 Å². The van der Waals surface area contributed by atoms with Gasteiger partial charge in [-0.15, -0.1) is 0 Å². The number of ether oxygens (including phenoxy) is 1. The molecule has 1 heterocycles. The number of hydrogen-bond acceptors (Lipinski definition) is 6. The van der Waals surface area contributed by atoms with Crippen LogP contribution in [0.2, 0.25) is 0 Å². The van der Waals surface area contributed by atoms with Crippen LogP contribution in [0.4, 0.5) is 0 Å². The van der Waals surface area contributed by atoms with Crippen LogP contribution in [-0.2, 0) is 24.2 Å². The van der Waals surface area contributed by atoms with Gasteiger partial charge in [0.05, 0.1) is 11.5 Å². The third kappa shape index (κ3) is 2.12. The average Bonchev–Trinajstić information content (AvgIpc) is 2.61. The standard InChI is InChI=1S/C12H10O6S/c1-2-18-12(15)11(14)10-5-7-3-4-8(13)6-9(7)19(10,16)17/h3-6,13H,2H2,1H3. The lowest BCUT2D eigenvalue weighted by Gasteiger charge is -2.03. The minimum absolute atomic E-state index is 0.0222. The summed E-state index contributed by atoms with van der Waals surface area (Å²) in [6.45, 7) is 1.49. The molecular formula is C12H10O6S. The topological polar surface area (TPSA) is 97.7 Å². The number of benzene rings is 1. The number of aromatic hydroxyl groups is 1. The molecule has 1 aromatic carbocycles. The second-order valence-corrected chi connectivity index (χ2v) is 5.67. The second-order valence-electron chi connectivity index (χ2n) is 3.78. The molecule has 100 valence electrons. The number of sulfone groups is 1. The maximum absolute atomic E-state index is 12.1. The molecule has 0 aromatic heterocycles. The van der Waals surface area contributed by atoms with Gasteiger partial charge in [0.25, 0.3) is 5.78 Å². The molecule has 1 aliphatic rings. The molecule has 0 fully saturated rings. The summed E-state index contributed by atoms with van der Waals surface area (Å²) < 4.78 is 28.6. The highest BCUT2D eigenvalue weighted by Gasteiger charge is 2.37. The van der Waals surface area contributed by atoms with E-state index in [1.54, 1.807) is 0 Å². The van der Waals surface area contributed by atoms with Crippen LogP contribution in [0.3, 0.4) is 0 Å². The van der Waals surface area contributed by atoms with Gasteiger partial charge in [0.1, 0.15) is 10.7 Å². The van der Waals surface area contributed by atoms with Crippen LogP contribution in [0.25, 0.3) is 6.08 Å². The minimum atomic E-state index is -4.08. The van der Waals surface area contributed by atoms with E-state index in [4.69, 9.17) is 0 Å². The normalized spacial score (nSPS) is 15.5. The van der Waals surface area contributed by atoms with Crippen LogP contribution in [0, 0.1) is 0 Å². The molecule has 6 nitrogen and oxygen atoms in total. The first-order valence-corrected chi connectivity index (χ1v) is 6.87. The van der Waals surface area contributed by atoms with E-state index in [9.17, 15) is 23.1 Å². The SMILES string of the molecule is CCOC(=O)C(=O)C1=Cc2ccc(O)cc2S1(=O)=O. The molecule has 1 N–H and O–H groups in total. The van der Waals surface area contributed by atoms with Crippen LogP contribution < -0.4 is 0 Å². The molecule has 0 amide bonds. The number of esters is 1. The fourth-order valence-electron chi connectivity index (χ4n) is 1.70. The third-order valence-corrected chi connectivity index (χ3v) is 4.36. The van der Waals surface area contributed by atoms with Crippen molar-refractivity contribution >= 4 is 27.7 Å². The van der Waals surface area contributed by atoms with Crippen LogP contribution in [-0.4, -0.2) is 31.9 Å². The molecule has 0 bridgehead atoms. The van der Waals surface area contributed by atoms with Gasteiger partial charge in [-0.3, -0.25) is 4.79 Å². The molecule has 7 heteroatoms. The molecule has 1 aromatic rings. The maximum Gasteiger partial charge on any atom is 0.380 e. The Hall–Kier alpha value is -2.15. The highest BCUT2D eigenvalue weighted by molar-refractivity contribution is 7.97. The lowest BCUT2D eigenvalue weighted by atomic mass is 10.2. The smallest absolute Gasteiger partial charge is 0.380 e. The van der Waals surface area contributed by atoms with Gasteiger partial charge in [0.2, 0.25) is 9.84 Å². The number of fused-ring (bicyclic) bond motifs is 1. The predicted molar refractivity (Wildman–Crippen MR) is 64.9 cm³/mol. The number of carbonyl (C=O) groups excluding carboxylic acids is 2. The van der Waals surface area contributed by atoms with Gasteiger partial charge in [-0.1, -0.05) is 0 Å². The van der Waals surface area contributed by atoms with E-state index in [1.165, 1.54) is 19.1 Å². The number of carbonyl (C=O) groups is 2. The Kier molecular flexibility index (Phi) is 3.15. The average molecular weight is 282 g/mol. The summed E-state index contributed by atoms with van der Waals surface area (Å²) in [5.74, 6) is -2.66. The summed E-state index contributed by atoms with van der Waals surface area (Å²) >= 11 is 0. The fraction of sp³-hybridized carbons (Fsp3) is 0.167. The lowest BCUT2D eigenvalue weighted by Crippen LogP contribution is -2.22. The minimum Gasteiger partial charge on any atom is -0.508 e. The zero-order valence-electron chi connectivity index (χ0n) is 9.91. The molecule has 0 unspecified atom stereocenters. The van der Waals surface area contributed by atoms with E-state index in [1.807, 2.05) is 0 Å². The van der Waals surface area contributed by atoms with Crippen molar-refractivity contribution in [1.29, 1.82) is 0 Å². The molecule has 0 saturated carbocycles. The zero-order valence-corrected chi connectivity index (χ0v) is 10.7. The maximum atomic E-state index is 12.1. The number of ketones is 1. The summed E-state index contributed by atoms with van der Waals surface area (Å²) in [6.07, 6.45) is 1.10. The number of Topliss-reactive ketones (excluding diaryl/α,β-unsaturated/α-hetero) is 1. The summed E-state index contributed by atoms with van der Waals surface area (Å²) in [6, 6.07) is 3.68. The van der Waals surface area contributed by atoms with Gasteiger partial charge < -0.3 is 9.84 Å². The van der Waals surface area contributed by atoms with Gasteiger partial charge in [-0.2, -0.15) is 0 Å². The monoisotopic (exact) mass is 282 g/mol. The van der Waals surface area contributed by atoms with Crippen LogP contribution in [0.1, 0.15) is 12.5 Å². The van der Waals surface area contributed by atoms with E-state index in [-0.39, 0.29) is 22.8 Å². The summed E-state index contributed by atoms with van der Waals surface area (Å²) in [5.41, 5.74) is 0.255. The van der Waals surface area contributed by atoms with Crippen molar-refractivity contribution in [3.63, 3.8) is 0 Å². The van der Waals surface area contributed by atoms with E-state index < -0.39 is 26.5 Å². The number of phenols is 1. The molecule has 0 saturated heterocycles. The third-order valence-electron chi connectivity index (χ3n) is 2.55. The molecule has 0 radical (unpaired) electrons. The first-order chi connectivity index (χ1) is 8.87. The summed E-state index contributed by atoms with van der Waals surface area (Å²) in [7, 11) is -4.08. The van der Waals surface area contributed by atoms with Crippen molar-refractivity contribution in [3.05, 3.63) is 28.7 Å². The Morgan fingerprint density at radius 1 is 1.32 bits per heavy atom. The van der Waals surface area contributed by atoms with Crippen LogP contribution in [0.5, 0.6) is 5.75 Å². The van der Waals surface area contributed by atoms with Crippen LogP contribution in [0.15, 0.2) is 28.0 Å². The molecular weight excluding hydrogens is 272 g/mol. The van der Waals surface area contributed by atoms with Crippen molar-refractivity contribution in [3.8, 4) is 5.75 Å². The summed E-state index contributed by atoms with van der Waals surface area (Å²) in [4.78, 5) is 22.2. The first kappa shape index (κ1) is 13.3. The molecule has 2 rings (SSSR count). The van der Waals surface area contributed by atoms with Crippen molar-refractivity contribution < 1.29 is 27.9 Å². The Labute approximate surface area is 109 Å². The van der Waals surface area contributed by atoms with Gasteiger partial charge in [0.15, 0.2) is 0 Å². The molecule has 19 heavy (non-hydrogen) atoms. The van der Waals surface area contributed by atoms with Crippen molar-refractivity contribution in [2.45, 2.75) is 11.8 Å². The Balaban J connectivity index is 2.47. The van der Waals surface area contributed by atoms with Crippen molar-refractivity contribution in [2.24, 2.45) is 0 Å². The second kappa shape index (κ2) is 4.51. The largest absolute Gasteiger partial charge is 0.508 e. The van der Waals surface area contributed by atoms with Gasteiger partial charge in [-0.25, -0.2) is 13.2 Å². The molecule has 0 spiro atoms. The zero-order chi connectivity index (χ0) is 14.2. The lowest BCUT2D eigenvalue weighted by molar-refractivity contribution is -0.151. The number of phenolic OH excluding ortho intramolecular Hbond substituents is 1. The molecule has 1 aliphatic heterocycles. The molecule has 0 aliphatic carbocycles. The highest BCUT2D eigenvalue weighted by Crippen LogP contribution is 2.35. The first-order valence-electron chi connectivity index (χ1n) is 5.39. The van der Waals surface area contributed by atoms with Gasteiger partial charge >= 0.3 is 5.97 Å². The quantitative estimate of drug-likeness (QED) is 0.645. The number of rotatable bonds is 3. The fourth-order valence-corrected chi connectivity index (χ4v) is 3.26. The van der Waals surface area contributed by atoms with Gasteiger partial charge in [-0.05, 0) is 36.8 Å². The molecule has 0 atom stereocenters. The van der Waals surface area contributed by atoms with Crippen molar-refractivity contribution in [1.82, 2.24) is 0 Å². The Morgan fingerprint density at radius 3 is 2.63 bits per heavy atom. The van der Waals surface area contributed by atoms with Crippen molar-refractivity contribution in [2.75, 3.05) is 6.61 Å².